The number of aromatic nitrogens is 2. The first kappa shape index (κ1) is 17.3. The zero-order valence-electron chi connectivity index (χ0n) is 15.0. The summed E-state index contributed by atoms with van der Waals surface area (Å²) in [5, 5.41) is 0. The molecule has 136 valence electrons. The molecule has 0 aliphatic heterocycles. The summed E-state index contributed by atoms with van der Waals surface area (Å²) in [4.78, 5) is 4.79. The Morgan fingerprint density at radius 2 is 1.56 bits per heavy atom. The van der Waals surface area contributed by atoms with E-state index < -0.39 is 9.84 Å². The van der Waals surface area contributed by atoms with E-state index in [-0.39, 0.29) is 0 Å². The number of methoxy groups -OCH3 is 1. The van der Waals surface area contributed by atoms with Crippen LogP contribution in [0.5, 0.6) is 5.75 Å². The van der Waals surface area contributed by atoms with Crippen molar-refractivity contribution in [3.63, 3.8) is 0 Å². The molecule has 1 aromatic heterocycles. The van der Waals surface area contributed by atoms with Crippen LogP contribution in [0.25, 0.3) is 27.8 Å². The molecular weight excluding hydrogens is 360 g/mol. The Kier molecular flexibility index (Phi) is 4.20. The summed E-state index contributed by atoms with van der Waals surface area (Å²) in [6.45, 7) is 0. The van der Waals surface area contributed by atoms with Gasteiger partial charge in [-0.25, -0.2) is 13.4 Å². The second kappa shape index (κ2) is 6.55. The molecule has 0 saturated carbocycles. The van der Waals surface area contributed by atoms with Crippen LogP contribution in [0.2, 0.25) is 0 Å². The molecule has 0 radical (unpaired) electrons. The predicted molar refractivity (Wildman–Crippen MR) is 106 cm³/mol. The molecule has 0 bridgehead atoms. The normalized spacial score (nSPS) is 11.6. The average Bonchev–Trinajstić information content (AvgIpc) is 3.10. The molecule has 4 aromatic rings. The molecule has 0 saturated heterocycles. The highest BCUT2D eigenvalue weighted by Gasteiger charge is 2.09. The Balaban J connectivity index is 1.77. The highest BCUT2D eigenvalue weighted by Crippen LogP contribution is 2.27. The van der Waals surface area contributed by atoms with Gasteiger partial charge in [-0.05, 0) is 59.7 Å². The number of nitrogens with zero attached hydrogens (tertiary/aromatic N) is 2. The molecule has 1 heterocycles. The standard InChI is InChI=1S/C21H18N2O3S/c1-26-18-8-6-17(7-9-18)23-14-22-20-12-5-16(13-21(20)23)15-3-10-19(11-4-15)27(2,24)25/h3-14H,1-2H3. The van der Waals surface area contributed by atoms with Gasteiger partial charge in [0.1, 0.15) is 12.1 Å². The van der Waals surface area contributed by atoms with Crippen molar-refractivity contribution >= 4 is 20.9 Å². The molecular formula is C21H18N2O3S. The van der Waals surface area contributed by atoms with Gasteiger partial charge in [-0.15, -0.1) is 0 Å². The van der Waals surface area contributed by atoms with Crippen LogP contribution in [-0.4, -0.2) is 31.3 Å². The molecule has 5 nitrogen and oxygen atoms in total. The maximum atomic E-state index is 11.6. The van der Waals surface area contributed by atoms with Crippen LogP contribution < -0.4 is 4.74 Å². The smallest absolute Gasteiger partial charge is 0.175 e. The fourth-order valence-electron chi connectivity index (χ4n) is 3.03. The van der Waals surface area contributed by atoms with Crippen molar-refractivity contribution in [2.75, 3.05) is 13.4 Å². The van der Waals surface area contributed by atoms with Crippen LogP contribution in [0, 0.1) is 0 Å². The predicted octanol–water partition coefficient (Wildman–Crippen LogP) is 4.10. The molecule has 6 heteroatoms. The zero-order valence-corrected chi connectivity index (χ0v) is 15.8. The Morgan fingerprint density at radius 3 is 2.19 bits per heavy atom. The van der Waals surface area contributed by atoms with Gasteiger partial charge in [0, 0.05) is 11.9 Å². The summed E-state index contributed by atoms with van der Waals surface area (Å²) in [5.41, 5.74) is 4.81. The average molecular weight is 378 g/mol. The Labute approximate surface area is 157 Å². The van der Waals surface area contributed by atoms with Gasteiger partial charge in [0.15, 0.2) is 9.84 Å². The number of benzene rings is 3. The first-order valence-corrected chi connectivity index (χ1v) is 10.3. The molecule has 0 spiro atoms. The number of imidazole rings is 1. The minimum atomic E-state index is -3.20. The van der Waals surface area contributed by atoms with E-state index in [4.69, 9.17) is 4.74 Å². The quantitative estimate of drug-likeness (QED) is 0.536. The fourth-order valence-corrected chi connectivity index (χ4v) is 3.66. The first-order valence-electron chi connectivity index (χ1n) is 8.38. The van der Waals surface area contributed by atoms with E-state index in [2.05, 4.69) is 11.1 Å². The molecule has 3 aromatic carbocycles. The summed E-state index contributed by atoms with van der Waals surface area (Å²) in [7, 11) is -1.56. The van der Waals surface area contributed by atoms with Gasteiger partial charge in [0.2, 0.25) is 0 Å². The van der Waals surface area contributed by atoms with Crippen molar-refractivity contribution in [1.29, 1.82) is 0 Å². The number of hydrogen-bond acceptors (Lipinski definition) is 4. The largest absolute Gasteiger partial charge is 0.497 e. The third-order valence-corrected chi connectivity index (χ3v) is 5.64. The van der Waals surface area contributed by atoms with Crippen LogP contribution >= 0.6 is 0 Å². The zero-order chi connectivity index (χ0) is 19.0. The molecule has 0 aliphatic carbocycles. The summed E-state index contributed by atoms with van der Waals surface area (Å²) in [6, 6.07) is 20.7. The third kappa shape index (κ3) is 3.31. The van der Waals surface area contributed by atoms with E-state index >= 15 is 0 Å². The van der Waals surface area contributed by atoms with E-state index in [1.165, 1.54) is 6.26 Å². The lowest BCUT2D eigenvalue weighted by Gasteiger charge is -2.08. The van der Waals surface area contributed by atoms with E-state index in [0.29, 0.717) is 4.90 Å². The maximum absolute atomic E-state index is 11.6. The van der Waals surface area contributed by atoms with Crippen molar-refractivity contribution in [1.82, 2.24) is 9.55 Å². The lowest BCUT2D eigenvalue weighted by Crippen LogP contribution is -1.96. The molecule has 4 rings (SSSR count). The van der Waals surface area contributed by atoms with Gasteiger partial charge in [0.05, 0.1) is 23.0 Å². The topological polar surface area (TPSA) is 61.2 Å². The Bertz CT molecular complexity index is 1210. The first-order chi connectivity index (χ1) is 13.0. The Hall–Kier alpha value is -3.12. The van der Waals surface area contributed by atoms with Gasteiger partial charge in [-0.1, -0.05) is 18.2 Å². The van der Waals surface area contributed by atoms with E-state index in [0.717, 1.165) is 33.6 Å². The van der Waals surface area contributed by atoms with Crippen molar-refractivity contribution in [2.24, 2.45) is 0 Å². The van der Waals surface area contributed by atoms with E-state index in [9.17, 15) is 8.42 Å². The van der Waals surface area contributed by atoms with Crippen LogP contribution in [0.15, 0.2) is 78.0 Å². The molecule has 0 fully saturated rings. The maximum Gasteiger partial charge on any atom is 0.175 e. The monoisotopic (exact) mass is 378 g/mol. The lowest BCUT2D eigenvalue weighted by atomic mass is 10.1. The highest BCUT2D eigenvalue weighted by atomic mass is 32.2. The summed E-state index contributed by atoms with van der Waals surface area (Å²) in [6.07, 6.45) is 3.00. The number of hydrogen-bond donors (Lipinski definition) is 0. The fraction of sp³-hybridized carbons (Fsp3) is 0.0952. The van der Waals surface area contributed by atoms with Gasteiger partial charge < -0.3 is 4.74 Å². The van der Waals surface area contributed by atoms with Crippen molar-refractivity contribution < 1.29 is 13.2 Å². The van der Waals surface area contributed by atoms with Gasteiger partial charge >= 0.3 is 0 Å². The number of fused-ring (bicyclic) bond motifs is 1. The van der Waals surface area contributed by atoms with Gasteiger partial charge in [0.25, 0.3) is 0 Å². The number of sulfone groups is 1. The second-order valence-electron chi connectivity index (χ2n) is 6.31. The minimum absolute atomic E-state index is 0.315. The molecule has 27 heavy (non-hydrogen) atoms. The van der Waals surface area contributed by atoms with Crippen LogP contribution in [-0.2, 0) is 9.84 Å². The SMILES string of the molecule is COc1ccc(-n2cnc3ccc(-c4ccc(S(C)(=O)=O)cc4)cc32)cc1. The van der Waals surface area contributed by atoms with Gasteiger partial charge in [-0.3, -0.25) is 4.57 Å². The van der Waals surface area contributed by atoms with Gasteiger partial charge in [-0.2, -0.15) is 0 Å². The van der Waals surface area contributed by atoms with Crippen molar-refractivity contribution in [3.8, 4) is 22.6 Å². The molecule has 0 unspecified atom stereocenters. The lowest BCUT2D eigenvalue weighted by molar-refractivity contribution is 0.415. The van der Waals surface area contributed by atoms with Crippen LogP contribution in [0.4, 0.5) is 0 Å². The van der Waals surface area contributed by atoms with E-state index in [1.54, 1.807) is 25.6 Å². The number of ether oxygens (including phenoxy) is 1. The van der Waals surface area contributed by atoms with Crippen LogP contribution in [0.3, 0.4) is 0 Å². The summed E-state index contributed by atoms with van der Waals surface area (Å²) < 4.78 is 30.5. The third-order valence-electron chi connectivity index (χ3n) is 4.51. The second-order valence-corrected chi connectivity index (χ2v) is 8.33. The molecule has 0 atom stereocenters. The molecule has 0 N–H and O–H groups in total. The summed E-state index contributed by atoms with van der Waals surface area (Å²) in [5.74, 6) is 0.801. The number of rotatable bonds is 4. The Morgan fingerprint density at radius 1 is 0.889 bits per heavy atom. The van der Waals surface area contributed by atoms with Crippen LogP contribution in [0.1, 0.15) is 0 Å². The van der Waals surface area contributed by atoms with E-state index in [1.807, 2.05) is 53.1 Å². The molecule has 0 aliphatic rings. The van der Waals surface area contributed by atoms with Crippen molar-refractivity contribution in [3.05, 3.63) is 73.1 Å². The molecule has 0 amide bonds. The highest BCUT2D eigenvalue weighted by molar-refractivity contribution is 7.90. The summed E-state index contributed by atoms with van der Waals surface area (Å²) >= 11 is 0. The van der Waals surface area contributed by atoms with Crippen molar-refractivity contribution in [2.45, 2.75) is 4.90 Å². The minimum Gasteiger partial charge on any atom is -0.497 e.